The third-order valence-electron chi connectivity index (χ3n) is 6.09. The van der Waals surface area contributed by atoms with Crippen LogP contribution in [-0.4, -0.2) is 74.5 Å². The van der Waals surface area contributed by atoms with Gasteiger partial charge in [-0.3, -0.25) is 9.59 Å². The number of amides is 2. The number of nitrogens with one attached hydrogen (secondary N) is 2. The van der Waals surface area contributed by atoms with E-state index in [1.54, 1.807) is 7.05 Å². The summed E-state index contributed by atoms with van der Waals surface area (Å²) in [7, 11) is 1.71. The minimum atomic E-state index is 0.142. The first-order chi connectivity index (χ1) is 12.6. The predicted octanol–water partition coefficient (Wildman–Crippen LogP) is 1.46. The monoisotopic (exact) mass is 366 g/mol. The molecular weight excluding hydrogens is 328 g/mol. The first-order valence-electron chi connectivity index (χ1n) is 10.5. The lowest BCUT2D eigenvalue weighted by Gasteiger charge is -2.40. The normalized spacial score (nSPS) is 20.8. The van der Waals surface area contributed by atoms with Crippen LogP contribution < -0.4 is 10.6 Å². The lowest BCUT2D eigenvalue weighted by atomic mass is 9.79. The van der Waals surface area contributed by atoms with E-state index >= 15 is 0 Å². The molecule has 0 radical (unpaired) electrons. The van der Waals surface area contributed by atoms with Crippen molar-refractivity contribution in [3.63, 3.8) is 0 Å². The van der Waals surface area contributed by atoms with Gasteiger partial charge in [0.25, 0.3) is 0 Å². The van der Waals surface area contributed by atoms with Crippen LogP contribution in [0.25, 0.3) is 0 Å². The van der Waals surface area contributed by atoms with Crippen LogP contribution in [0.4, 0.5) is 0 Å². The Bertz CT molecular complexity index is 428. The Kier molecular flexibility index (Phi) is 9.40. The van der Waals surface area contributed by atoms with E-state index < -0.39 is 0 Å². The molecule has 2 aliphatic heterocycles. The number of hydrogen-bond donors (Lipinski definition) is 2. The molecule has 0 unspecified atom stereocenters. The van der Waals surface area contributed by atoms with E-state index in [4.69, 9.17) is 0 Å². The summed E-state index contributed by atoms with van der Waals surface area (Å²) in [4.78, 5) is 28.0. The van der Waals surface area contributed by atoms with Crippen LogP contribution in [0.3, 0.4) is 0 Å². The summed E-state index contributed by atoms with van der Waals surface area (Å²) in [6.45, 7) is 9.23. The van der Waals surface area contributed by atoms with Crippen LogP contribution >= 0.6 is 0 Å². The van der Waals surface area contributed by atoms with Crippen molar-refractivity contribution in [2.24, 2.45) is 11.8 Å². The molecule has 2 aliphatic rings. The molecule has 0 aliphatic carbocycles. The second-order valence-corrected chi connectivity index (χ2v) is 7.88. The van der Waals surface area contributed by atoms with Gasteiger partial charge in [-0.25, -0.2) is 0 Å². The fourth-order valence-corrected chi connectivity index (χ4v) is 4.29. The molecule has 150 valence electrons. The van der Waals surface area contributed by atoms with Gasteiger partial charge in [-0.1, -0.05) is 6.92 Å². The van der Waals surface area contributed by atoms with Gasteiger partial charge in [0.15, 0.2) is 0 Å². The zero-order valence-electron chi connectivity index (χ0n) is 16.8. The highest BCUT2D eigenvalue weighted by molar-refractivity contribution is 5.76. The van der Waals surface area contributed by atoms with Gasteiger partial charge in [0, 0.05) is 39.5 Å². The van der Waals surface area contributed by atoms with Gasteiger partial charge in [-0.2, -0.15) is 0 Å². The van der Waals surface area contributed by atoms with Crippen molar-refractivity contribution in [2.75, 3.05) is 52.9 Å². The van der Waals surface area contributed by atoms with E-state index in [-0.39, 0.29) is 11.8 Å². The van der Waals surface area contributed by atoms with Crippen LogP contribution in [-0.2, 0) is 9.59 Å². The lowest BCUT2D eigenvalue weighted by Crippen LogP contribution is -2.42. The Balaban J connectivity index is 1.59. The summed E-state index contributed by atoms with van der Waals surface area (Å²) < 4.78 is 0. The van der Waals surface area contributed by atoms with Crippen LogP contribution in [0, 0.1) is 11.8 Å². The minimum Gasteiger partial charge on any atom is -0.359 e. The van der Waals surface area contributed by atoms with Gasteiger partial charge >= 0.3 is 0 Å². The lowest BCUT2D eigenvalue weighted by molar-refractivity contribution is -0.122. The highest BCUT2D eigenvalue weighted by Crippen LogP contribution is 2.32. The van der Waals surface area contributed by atoms with Crippen molar-refractivity contribution < 1.29 is 9.59 Å². The van der Waals surface area contributed by atoms with E-state index in [0.29, 0.717) is 12.8 Å². The SMILES string of the molecule is CCCNC(=O)CCN1CCC(C2CCN(CCC(=O)NC)CC2)CC1. The number of hydrogen-bond acceptors (Lipinski definition) is 4. The first kappa shape index (κ1) is 21.2. The predicted molar refractivity (Wildman–Crippen MR) is 105 cm³/mol. The molecule has 2 N–H and O–H groups in total. The zero-order valence-corrected chi connectivity index (χ0v) is 16.8. The Hall–Kier alpha value is -1.14. The molecule has 2 heterocycles. The van der Waals surface area contributed by atoms with Crippen LogP contribution in [0.5, 0.6) is 0 Å². The van der Waals surface area contributed by atoms with Gasteiger partial charge in [0.2, 0.25) is 11.8 Å². The zero-order chi connectivity index (χ0) is 18.8. The van der Waals surface area contributed by atoms with Crippen molar-refractivity contribution in [3.05, 3.63) is 0 Å². The molecule has 6 nitrogen and oxygen atoms in total. The molecule has 0 aromatic carbocycles. The summed E-state index contributed by atoms with van der Waals surface area (Å²) in [6.07, 6.45) is 7.36. The Labute approximate surface area is 159 Å². The van der Waals surface area contributed by atoms with Gasteiger partial charge in [0.05, 0.1) is 0 Å². The molecule has 26 heavy (non-hydrogen) atoms. The smallest absolute Gasteiger partial charge is 0.221 e. The first-order valence-corrected chi connectivity index (χ1v) is 10.5. The van der Waals surface area contributed by atoms with Crippen molar-refractivity contribution >= 4 is 11.8 Å². The molecule has 2 saturated heterocycles. The topological polar surface area (TPSA) is 64.7 Å². The van der Waals surface area contributed by atoms with Crippen molar-refractivity contribution in [1.82, 2.24) is 20.4 Å². The van der Waals surface area contributed by atoms with Gasteiger partial charge in [-0.15, -0.1) is 0 Å². The summed E-state index contributed by atoms with van der Waals surface area (Å²) in [5.74, 6) is 2.03. The molecular formula is C20H38N4O2. The molecule has 0 aromatic rings. The van der Waals surface area contributed by atoms with E-state index in [0.717, 1.165) is 64.1 Å². The average molecular weight is 367 g/mol. The molecule has 2 fully saturated rings. The number of rotatable bonds is 9. The van der Waals surface area contributed by atoms with Crippen molar-refractivity contribution in [3.8, 4) is 0 Å². The van der Waals surface area contributed by atoms with E-state index in [2.05, 4.69) is 27.4 Å². The third-order valence-corrected chi connectivity index (χ3v) is 6.09. The molecule has 0 bridgehead atoms. The highest BCUT2D eigenvalue weighted by atomic mass is 16.2. The average Bonchev–Trinajstić information content (AvgIpc) is 2.69. The molecule has 2 amide bonds. The molecule has 2 rings (SSSR count). The number of carbonyl (C=O) groups excluding carboxylic acids is 2. The number of nitrogens with zero attached hydrogens (tertiary/aromatic N) is 2. The summed E-state index contributed by atoms with van der Waals surface area (Å²) in [5, 5.41) is 5.66. The minimum absolute atomic E-state index is 0.142. The standard InChI is InChI=1S/C20H38N4O2/c1-3-10-22-20(26)9-16-24-13-6-18(7-14-24)17-4-11-23(12-5-17)15-8-19(25)21-2/h17-18H,3-16H2,1-2H3,(H,21,25)(H,22,26). The van der Waals surface area contributed by atoms with Crippen LogP contribution in [0.15, 0.2) is 0 Å². The fraction of sp³-hybridized carbons (Fsp3) is 0.900. The maximum absolute atomic E-state index is 11.7. The largest absolute Gasteiger partial charge is 0.359 e. The van der Waals surface area contributed by atoms with Gasteiger partial charge in [0.1, 0.15) is 0 Å². The van der Waals surface area contributed by atoms with Crippen molar-refractivity contribution in [1.29, 1.82) is 0 Å². The van der Waals surface area contributed by atoms with Crippen LogP contribution in [0.2, 0.25) is 0 Å². The Morgan fingerprint density at radius 2 is 1.31 bits per heavy atom. The van der Waals surface area contributed by atoms with E-state index in [1.807, 2.05) is 0 Å². The maximum atomic E-state index is 11.7. The highest BCUT2D eigenvalue weighted by Gasteiger charge is 2.29. The third kappa shape index (κ3) is 7.23. The summed E-state index contributed by atoms with van der Waals surface area (Å²) in [6, 6.07) is 0. The van der Waals surface area contributed by atoms with Gasteiger partial charge < -0.3 is 20.4 Å². The molecule has 0 aromatic heterocycles. The maximum Gasteiger partial charge on any atom is 0.221 e. The molecule has 0 spiro atoms. The number of piperidine rings is 2. The molecule has 0 atom stereocenters. The van der Waals surface area contributed by atoms with E-state index in [1.165, 1.54) is 25.7 Å². The fourth-order valence-electron chi connectivity index (χ4n) is 4.29. The quantitative estimate of drug-likeness (QED) is 0.648. The molecule has 0 saturated carbocycles. The Morgan fingerprint density at radius 3 is 1.73 bits per heavy atom. The second-order valence-electron chi connectivity index (χ2n) is 7.88. The molecule has 6 heteroatoms. The van der Waals surface area contributed by atoms with Crippen LogP contribution in [0.1, 0.15) is 51.9 Å². The second kappa shape index (κ2) is 11.5. The van der Waals surface area contributed by atoms with E-state index in [9.17, 15) is 9.59 Å². The van der Waals surface area contributed by atoms with Gasteiger partial charge in [-0.05, 0) is 70.1 Å². The Morgan fingerprint density at radius 1 is 0.846 bits per heavy atom. The number of carbonyl (C=O) groups is 2. The summed E-state index contributed by atoms with van der Waals surface area (Å²) >= 11 is 0. The summed E-state index contributed by atoms with van der Waals surface area (Å²) in [5.41, 5.74) is 0. The number of likely N-dealkylation sites (tertiary alicyclic amines) is 2. The van der Waals surface area contributed by atoms with Crippen molar-refractivity contribution in [2.45, 2.75) is 51.9 Å².